The Hall–Kier alpha value is -2.48. The van der Waals surface area contributed by atoms with Crippen LogP contribution in [0.1, 0.15) is 17.4 Å². The summed E-state index contributed by atoms with van der Waals surface area (Å²) >= 11 is 0. The van der Waals surface area contributed by atoms with E-state index in [9.17, 15) is 0 Å². The molecule has 3 aromatic rings. The van der Waals surface area contributed by atoms with Crippen LogP contribution in [0.5, 0.6) is 0 Å². The number of H-pyrrole nitrogens is 1. The number of hydrogen-bond acceptors (Lipinski definition) is 6. The number of nitrogens with zero attached hydrogens (tertiary/aromatic N) is 5. The van der Waals surface area contributed by atoms with E-state index in [1.54, 1.807) is 10.9 Å². The molecule has 0 fully saturated rings. The number of nitrogens with two attached hydrogens (primary N) is 2. The van der Waals surface area contributed by atoms with Gasteiger partial charge in [0.15, 0.2) is 11.5 Å². The fourth-order valence-electron chi connectivity index (χ4n) is 1.77. The molecule has 0 aromatic carbocycles. The van der Waals surface area contributed by atoms with Gasteiger partial charge < -0.3 is 16.5 Å². The van der Waals surface area contributed by atoms with Gasteiger partial charge in [0.1, 0.15) is 17.7 Å². The third kappa shape index (κ3) is 1.59. The Balaban J connectivity index is 2.06. The first kappa shape index (κ1) is 10.7. The molecule has 0 saturated heterocycles. The molecule has 3 aromatic heterocycles. The second-order valence-electron chi connectivity index (χ2n) is 4.00. The van der Waals surface area contributed by atoms with Crippen molar-refractivity contribution in [2.75, 3.05) is 5.73 Å². The molecule has 18 heavy (non-hydrogen) atoms. The van der Waals surface area contributed by atoms with Crippen molar-refractivity contribution >= 4 is 17.0 Å². The molecule has 3 rings (SSSR count). The highest BCUT2D eigenvalue weighted by atomic mass is 15.2. The number of hydrogen-bond donors (Lipinski definition) is 3. The SMILES string of the molecule is Cn1cc(C(N)c2nc3ncnc(N)c3[nH]2)cn1. The van der Waals surface area contributed by atoms with Gasteiger partial charge >= 0.3 is 0 Å². The van der Waals surface area contributed by atoms with Crippen molar-refractivity contribution in [1.29, 1.82) is 0 Å². The molecular formula is C10H12N8. The zero-order valence-corrected chi connectivity index (χ0v) is 9.70. The summed E-state index contributed by atoms with van der Waals surface area (Å²) in [5.41, 5.74) is 13.8. The molecule has 0 aliphatic carbocycles. The topological polar surface area (TPSA) is 124 Å². The molecule has 0 aliphatic heterocycles. The normalized spacial score (nSPS) is 13.0. The summed E-state index contributed by atoms with van der Waals surface area (Å²) in [6, 6.07) is -0.396. The average molecular weight is 244 g/mol. The zero-order chi connectivity index (χ0) is 12.7. The van der Waals surface area contributed by atoms with Crippen LogP contribution < -0.4 is 11.5 Å². The van der Waals surface area contributed by atoms with Crippen molar-refractivity contribution in [2.45, 2.75) is 6.04 Å². The zero-order valence-electron chi connectivity index (χ0n) is 9.70. The van der Waals surface area contributed by atoms with Crippen LogP contribution in [0.25, 0.3) is 11.2 Å². The molecule has 8 heteroatoms. The lowest BCUT2D eigenvalue weighted by Crippen LogP contribution is -2.12. The molecule has 8 nitrogen and oxygen atoms in total. The average Bonchev–Trinajstić information content (AvgIpc) is 2.95. The van der Waals surface area contributed by atoms with Crippen molar-refractivity contribution < 1.29 is 0 Å². The van der Waals surface area contributed by atoms with E-state index < -0.39 is 6.04 Å². The molecule has 5 N–H and O–H groups in total. The molecule has 0 aliphatic rings. The number of imidazole rings is 1. The molecule has 0 saturated carbocycles. The lowest BCUT2D eigenvalue weighted by molar-refractivity contribution is 0.761. The molecule has 0 radical (unpaired) electrons. The minimum Gasteiger partial charge on any atom is -0.382 e. The monoisotopic (exact) mass is 244 g/mol. The van der Waals surface area contributed by atoms with Gasteiger partial charge in [-0.25, -0.2) is 15.0 Å². The van der Waals surface area contributed by atoms with Crippen LogP contribution in [-0.2, 0) is 7.05 Å². The van der Waals surface area contributed by atoms with Crippen molar-refractivity contribution in [3.05, 3.63) is 30.1 Å². The Morgan fingerprint density at radius 3 is 2.89 bits per heavy atom. The smallest absolute Gasteiger partial charge is 0.183 e. The van der Waals surface area contributed by atoms with Gasteiger partial charge in [0.05, 0.1) is 12.2 Å². The van der Waals surface area contributed by atoms with Crippen LogP contribution in [0, 0.1) is 0 Å². The van der Waals surface area contributed by atoms with Crippen LogP contribution in [0.2, 0.25) is 0 Å². The lowest BCUT2D eigenvalue weighted by atomic mass is 10.2. The van der Waals surface area contributed by atoms with E-state index in [-0.39, 0.29) is 0 Å². The summed E-state index contributed by atoms with van der Waals surface area (Å²) < 4.78 is 1.69. The number of nitrogen functional groups attached to an aromatic ring is 1. The van der Waals surface area contributed by atoms with E-state index in [2.05, 4.69) is 25.0 Å². The Bertz CT molecular complexity index is 697. The fraction of sp³-hybridized carbons (Fsp3) is 0.200. The Labute approximate surface area is 102 Å². The van der Waals surface area contributed by atoms with Gasteiger partial charge in [-0.1, -0.05) is 0 Å². The van der Waals surface area contributed by atoms with E-state index in [1.807, 2.05) is 13.2 Å². The Kier molecular flexibility index (Phi) is 2.23. The molecule has 1 atom stereocenters. The summed E-state index contributed by atoms with van der Waals surface area (Å²) in [5, 5.41) is 4.08. The Morgan fingerprint density at radius 2 is 2.22 bits per heavy atom. The predicted octanol–water partition coefficient (Wildman–Crippen LogP) is -0.283. The first-order valence-electron chi connectivity index (χ1n) is 5.35. The van der Waals surface area contributed by atoms with Crippen molar-refractivity contribution in [3.63, 3.8) is 0 Å². The number of aryl methyl sites for hydroxylation is 1. The summed E-state index contributed by atoms with van der Waals surface area (Å²) in [4.78, 5) is 15.3. The summed E-state index contributed by atoms with van der Waals surface area (Å²) in [6.07, 6.45) is 4.91. The maximum absolute atomic E-state index is 6.11. The number of rotatable bonds is 2. The standard InChI is InChI=1S/C10H12N8/c1-18-3-5(2-15-18)6(11)9-16-7-8(12)13-4-14-10(7)17-9/h2-4,6H,11H2,1H3,(H3,12,13,14,16,17). The van der Waals surface area contributed by atoms with E-state index in [0.29, 0.717) is 22.8 Å². The largest absolute Gasteiger partial charge is 0.382 e. The van der Waals surface area contributed by atoms with Gasteiger partial charge in [0, 0.05) is 18.8 Å². The minimum atomic E-state index is -0.396. The van der Waals surface area contributed by atoms with Crippen molar-refractivity contribution in [3.8, 4) is 0 Å². The quantitative estimate of drug-likeness (QED) is 0.569. The van der Waals surface area contributed by atoms with Gasteiger partial charge in [0.25, 0.3) is 0 Å². The third-order valence-electron chi connectivity index (χ3n) is 2.71. The number of anilines is 1. The number of aromatic nitrogens is 6. The van der Waals surface area contributed by atoms with Crippen LogP contribution in [0.4, 0.5) is 5.82 Å². The van der Waals surface area contributed by atoms with Gasteiger partial charge in [-0.05, 0) is 0 Å². The second kappa shape index (κ2) is 3.77. The molecular weight excluding hydrogens is 232 g/mol. The summed E-state index contributed by atoms with van der Waals surface area (Å²) in [7, 11) is 1.83. The van der Waals surface area contributed by atoms with Gasteiger partial charge in [0.2, 0.25) is 0 Å². The molecule has 92 valence electrons. The minimum absolute atomic E-state index is 0.358. The molecule has 1 unspecified atom stereocenters. The highest BCUT2D eigenvalue weighted by Crippen LogP contribution is 2.20. The van der Waals surface area contributed by atoms with Gasteiger partial charge in [-0.2, -0.15) is 5.10 Å². The molecule has 0 amide bonds. The van der Waals surface area contributed by atoms with Crippen molar-refractivity contribution in [2.24, 2.45) is 12.8 Å². The van der Waals surface area contributed by atoms with Crippen LogP contribution in [-0.4, -0.2) is 29.7 Å². The first-order valence-corrected chi connectivity index (χ1v) is 5.35. The highest BCUT2D eigenvalue weighted by molar-refractivity contribution is 5.81. The first-order chi connectivity index (χ1) is 8.65. The lowest BCUT2D eigenvalue weighted by Gasteiger charge is -2.04. The molecule has 3 heterocycles. The number of nitrogens with one attached hydrogen (secondary N) is 1. The third-order valence-corrected chi connectivity index (χ3v) is 2.71. The van der Waals surface area contributed by atoms with E-state index >= 15 is 0 Å². The van der Waals surface area contributed by atoms with Crippen LogP contribution in [0.3, 0.4) is 0 Å². The molecule has 0 bridgehead atoms. The number of fused-ring (bicyclic) bond motifs is 1. The van der Waals surface area contributed by atoms with Crippen LogP contribution in [0.15, 0.2) is 18.7 Å². The van der Waals surface area contributed by atoms with E-state index in [1.165, 1.54) is 6.33 Å². The maximum atomic E-state index is 6.11. The van der Waals surface area contributed by atoms with E-state index in [0.717, 1.165) is 5.56 Å². The highest BCUT2D eigenvalue weighted by Gasteiger charge is 2.16. The van der Waals surface area contributed by atoms with Gasteiger partial charge in [-0.15, -0.1) is 0 Å². The van der Waals surface area contributed by atoms with E-state index in [4.69, 9.17) is 11.5 Å². The molecule has 0 spiro atoms. The number of aromatic amines is 1. The Morgan fingerprint density at radius 1 is 1.39 bits per heavy atom. The second-order valence-corrected chi connectivity index (χ2v) is 4.00. The van der Waals surface area contributed by atoms with Gasteiger partial charge in [-0.3, -0.25) is 4.68 Å². The fourth-order valence-corrected chi connectivity index (χ4v) is 1.77. The summed E-state index contributed by atoms with van der Waals surface area (Å²) in [5.74, 6) is 0.947. The maximum Gasteiger partial charge on any atom is 0.183 e. The summed E-state index contributed by atoms with van der Waals surface area (Å²) in [6.45, 7) is 0. The predicted molar refractivity (Wildman–Crippen MR) is 65.3 cm³/mol. The van der Waals surface area contributed by atoms with Crippen LogP contribution >= 0.6 is 0 Å². The van der Waals surface area contributed by atoms with Crippen molar-refractivity contribution in [1.82, 2.24) is 29.7 Å².